The number of carbonyl (C=O) groups excluding carboxylic acids is 2. The summed E-state index contributed by atoms with van der Waals surface area (Å²) < 4.78 is 454. The summed E-state index contributed by atoms with van der Waals surface area (Å²) in [6, 6.07) is 0. The number of ether oxygens (including phenoxy) is 2. The first kappa shape index (κ1) is 55.5. The SMILES string of the molecule is O=C(CC(O)C(=O)OC(F)(C(F)(F)F)C(F)(F)C(F)(F)C(F)(F)C(F)(F)C(F)(F)C(F)(F)F)OC(F)(C(F)(F)F)C(F)(F)C(F)(F)C(F)(F)C(F)(F)C(F)(F)C(F)(F)F. The number of aliphatic hydroxyl groups is 1. The van der Waals surface area contributed by atoms with Crippen molar-refractivity contribution in [1.82, 2.24) is 0 Å². The van der Waals surface area contributed by atoms with Crippen molar-refractivity contribution in [3.63, 3.8) is 0 Å². The van der Waals surface area contributed by atoms with Gasteiger partial charge in [-0.05, 0) is 0 Å². The van der Waals surface area contributed by atoms with Crippen LogP contribution in [0.25, 0.3) is 0 Å². The molecule has 39 heteroatoms. The van der Waals surface area contributed by atoms with Gasteiger partial charge in [-0.2, -0.15) is 149 Å². The molecule has 0 amide bonds. The van der Waals surface area contributed by atoms with Gasteiger partial charge in [0.1, 0.15) is 0 Å². The minimum atomic E-state index is -9.45. The lowest BCUT2D eigenvalue weighted by molar-refractivity contribution is -0.478. The number of halogens is 34. The van der Waals surface area contributed by atoms with Gasteiger partial charge in [-0.25, -0.2) is 4.79 Å². The molecule has 0 saturated carbocycles. The zero-order valence-electron chi connectivity index (χ0n) is 25.2. The fourth-order valence-electron chi connectivity index (χ4n) is 3.19. The number of aliphatic hydroxyl groups excluding tert-OH is 1. The highest BCUT2D eigenvalue weighted by atomic mass is 19.5. The largest absolute Gasteiger partial charge is 0.467 e. The minimum Gasteiger partial charge on any atom is -0.414 e. The first-order valence-electron chi connectivity index (χ1n) is 12.5. The molecule has 3 unspecified atom stereocenters. The molecule has 1 N–H and O–H groups in total. The molecule has 0 saturated heterocycles. The van der Waals surface area contributed by atoms with Gasteiger partial charge >= 0.3 is 108 Å². The van der Waals surface area contributed by atoms with E-state index >= 15 is 0 Å². The third-order valence-corrected chi connectivity index (χ3v) is 6.53. The zero-order valence-corrected chi connectivity index (χ0v) is 25.2. The maximum Gasteiger partial charge on any atom is 0.467 e. The predicted octanol–water partition coefficient (Wildman–Crippen LogP) is 9.76. The Morgan fingerprint density at radius 3 is 0.746 bits per heavy atom. The number of hydrogen-bond donors (Lipinski definition) is 1. The summed E-state index contributed by atoms with van der Waals surface area (Å²) in [4.78, 5) is 22.9. The lowest BCUT2D eigenvalue weighted by Gasteiger charge is -2.43. The highest BCUT2D eigenvalue weighted by Gasteiger charge is 2.98. The van der Waals surface area contributed by atoms with E-state index in [4.69, 9.17) is 5.11 Å². The monoisotopic (exact) mass is 970 g/mol. The molecule has 5 nitrogen and oxygen atoms in total. The van der Waals surface area contributed by atoms with E-state index in [2.05, 4.69) is 0 Å². The Bertz CT molecular complexity index is 1550. The summed E-state index contributed by atoms with van der Waals surface area (Å²) in [7, 11) is 0. The van der Waals surface area contributed by atoms with Crippen molar-refractivity contribution in [2.75, 3.05) is 0 Å². The van der Waals surface area contributed by atoms with Crippen LogP contribution >= 0.6 is 0 Å². The Morgan fingerprint density at radius 1 is 0.322 bits per heavy atom. The van der Waals surface area contributed by atoms with E-state index in [0.717, 1.165) is 0 Å². The third-order valence-electron chi connectivity index (χ3n) is 6.53. The van der Waals surface area contributed by atoms with Crippen LogP contribution in [0.4, 0.5) is 149 Å². The second-order valence-electron chi connectivity index (χ2n) is 10.5. The summed E-state index contributed by atoms with van der Waals surface area (Å²) in [5, 5.41) is 9.05. The highest BCUT2D eigenvalue weighted by Crippen LogP contribution is 2.66. The maximum atomic E-state index is 14.4. The average molecular weight is 970 g/mol. The van der Waals surface area contributed by atoms with Crippen LogP contribution in [0.15, 0.2) is 0 Å². The van der Waals surface area contributed by atoms with Gasteiger partial charge in [0.25, 0.3) is 0 Å². The molecule has 0 radical (unpaired) electrons. The van der Waals surface area contributed by atoms with Crippen LogP contribution in [0.1, 0.15) is 6.42 Å². The predicted molar refractivity (Wildman–Crippen MR) is 104 cm³/mol. The fourth-order valence-corrected chi connectivity index (χ4v) is 3.19. The summed E-state index contributed by atoms with van der Waals surface area (Å²) in [5.41, 5.74) is 0. The van der Waals surface area contributed by atoms with Crippen LogP contribution in [-0.4, -0.2) is 119 Å². The molecule has 0 aromatic heterocycles. The van der Waals surface area contributed by atoms with Gasteiger partial charge in [-0.1, -0.05) is 0 Å². The first-order valence-corrected chi connectivity index (χ1v) is 12.5. The molecule has 59 heavy (non-hydrogen) atoms. The van der Waals surface area contributed by atoms with Crippen molar-refractivity contribution in [2.45, 2.75) is 108 Å². The van der Waals surface area contributed by atoms with E-state index in [9.17, 15) is 159 Å². The number of alkyl halides is 34. The van der Waals surface area contributed by atoms with Crippen molar-refractivity contribution in [3.05, 3.63) is 0 Å². The Labute approximate surface area is 295 Å². The quantitative estimate of drug-likeness (QED) is 0.131. The molecule has 0 rings (SSSR count). The topological polar surface area (TPSA) is 72.8 Å². The van der Waals surface area contributed by atoms with Crippen molar-refractivity contribution in [2.24, 2.45) is 0 Å². The molecule has 3 atom stereocenters. The first-order chi connectivity index (χ1) is 24.9. The van der Waals surface area contributed by atoms with E-state index in [1.165, 1.54) is 0 Å². The Balaban J connectivity index is 7.19. The molecule has 0 aromatic carbocycles. The fraction of sp³-hybridized carbons (Fsp3) is 0.900. The number of carbonyl (C=O) groups is 2. The standard InChI is InChI=1S/C20H4F34O5/c21-5(22,9(29,30)13(37,38)17(43,44)45)7(25,26)11(33,34)15(41,19(49,50)51)58-3(56)1-2(55)4(57)59-16(42,20(52,53)54)12(35,36)8(27,28)6(23,24)10(31,32)14(39,40)18(46,47)48/h2,55H,1H2. The molecule has 0 heterocycles. The minimum absolute atomic E-state index is 1.70. The number of hydrogen-bond acceptors (Lipinski definition) is 5. The van der Waals surface area contributed by atoms with E-state index in [0.29, 0.717) is 0 Å². The molecule has 352 valence electrons. The van der Waals surface area contributed by atoms with Gasteiger partial charge < -0.3 is 14.6 Å². The summed E-state index contributed by atoms with van der Waals surface area (Å²) in [6.07, 6.45) is -42.6. The normalized spacial score (nSPS) is 18.5. The molecule has 0 aliphatic heterocycles. The van der Waals surface area contributed by atoms with Crippen molar-refractivity contribution in [1.29, 1.82) is 0 Å². The molecule has 0 spiro atoms. The van der Waals surface area contributed by atoms with E-state index in [-0.39, 0.29) is 0 Å². The van der Waals surface area contributed by atoms with Crippen LogP contribution in [0.2, 0.25) is 0 Å². The third kappa shape index (κ3) is 7.62. The summed E-state index contributed by atoms with van der Waals surface area (Å²) in [5.74, 6) is -118. The van der Waals surface area contributed by atoms with Crippen molar-refractivity contribution >= 4 is 11.9 Å². The molecular weight excluding hydrogens is 966 g/mol. The molecule has 0 fully saturated rings. The van der Waals surface area contributed by atoms with Gasteiger partial charge in [0, 0.05) is 0 Å². The number of esters is 2. The lowest BCUT2D eigenvalue weighted by atomic mass is 9.90. The number of rotatable bonds is 15. The van der Waals surface area contributed by atoms with Gasteiger partial charge in [0.15, 0.2) is 6.10 Å². The van der Waals surface area contributed by atoms with Crippen LogP contribution in [0.3, 0.4) is 0 Å². The molecule has 0 bridgehead atoms. The zero-order chi connectivity index (χ0) is 48.9. The summed E-state index contributed by atoms with van der Waals surface area (Å²) >= 11 is 0. The van der Waals surface area contributed by atoms with Gasteiger partial charge in [-0.15, -0.1) is 0 Å². The van der Waals surface area contributed by atoms with Crippen LogP contribution in [0.5, 0.6) is 0 Å². The Morgan fingerprint density at radius 2 is 0.525 bits per heavy atom. The second kappa shape index (κ2) is 14.3. The molecule has 0 aromatic rings. The van der Waals surface area contributed by atoms with Crippen molar-refractivity contribution < 1.29 is 173 Å². The maximum absolute atomic E-state index is 14.4. The Kier molecular flexibility index (Phi) is 13.5. The van der Waals surface area contributed by atoms with E-state index in [1.54, 1.807) is 9.47 Å². The average Bonchev–Trinajstić information content (AvgIpc) is 2.97. The van der Waals surface area contributed by atoms with Gasteiger partial charge in [-0.3, -0.25) is 4.79 Å². The van der Waals surface area contributed by atoms with E-state index < -0.39 is 120 Å². The summed E-state index contributed by atoms with van der Waals surface area (Å²) in [6.45, 7) is 0. The van der Waals surface area contributed by atoms with Gasteiger partial charge in [0.2, 0.25) is 0 Å². The van der Waals surface area contributed by atoms with Crippen molar-refractivity contribution in [3.8, 4) is 0 Å². The molecule has 0 aliphatic rings. The smallest absolute Gasteiger partial charge is 0.414 e. The van der Waals surface area contributed by atoms with E-state index in [1.807, 2.05) is 0 Å². The second-order valence-corrected chi connectivity index (χ2v) is 10.5. The van der Waals surface area contributed by atoms with Crippen LogP contribution < -0.4 is 0 Å². The molecular formula is C20H4F34O5. The van der Waals surface area contributed by atoms with Gasteiger partial charge in [0.05, 0.1) is 6.42 Å². The van der Waals surface area contributed by atoms with Crippen LogP contribution in [0, 0.1) is 0 Å². The van der Waals surface area contributed by atoms with Crippen LogP contribution in [-0.2, 0) is 19.1 Å². The Hall–Kier alpha value is -3.48. The highest BCUT2D eigenvalue weighted by molar-refractivity contribution is 5.82. The molecule has 0 aliphatic carbocycles. The lowest BCUT2D eigenvalue weighted by Crippen LogP contribution is -2.75.